The van der Waals surface area contributed by atoms with E-state index in [1.807, 2.05) is 34.9 Å². The van der Waals surface area contributed by atoms with Crippen molar-refractivity contribution in [3.05, 3.63) is 66.8 Å². The van der Waals surface area contributed by atoms with Crippen LogP contribution in [0.3, 0.4) is 0 Å². The van der Waals surface area contributed by atoms with Gasteiger partial charge in [0.25, 0.3) is 5.56 Å². The molecule has 1 aromatic carbocycles. The van der Waals surface area contributed by atoms with E-state index < -0.39 is 0 Å². The summed E-state index contributed by atoms with van der Waals surface area (Å²) < 4.78 is 2.46. The molecule has 114 valence electrons. The molecule has 1 heterocycles. The van der Waals surface area contributed by atoms with Crippen LogP contribution in [0.15, 0.2) is 29.1 Å². The standard InChI is InChI=1S/C17H17ClN2OS/c1-2-4-11-9-13(18)8-7-12(11)10-20-15-6-3-5-14(15)16(21)19-17(20)22/h3,6-9H,2,4-5,10H2,1H3,(H,19,21,22). The molecule has 3 rings (SSSR count). The molecule has 2 aromatic rings. The molecule has 0 saturated carbocycles. The molecule has 5 heteroatoms. The molecule has 0 spiro atoms. The fraction of sp³-hybridized carbons (Fsp3) is 0.294. The third-order valence-electron chi connectivity index (χ3n) is 3.95. The van der Waals surface area contributed by atoms with Crippen LogP contribution < -0.4 is 5.56 Å². The molecule has 1 aromatic heterocycles. The molecule has 0 fully saturated rings. The summed E-state index contributed by atoms with van der Waals surface area (Å²) in [6, 6.07) is 5.97. The minimum Gasteiger partial charge on any atom is -0.314 e. The molecule has 1 aliphatic carbocycles. The monoisotopic (exact) mass is 332 g/mol. The first-order valence-electron chi connectivity index (χ1n) is 7.40. The fourth-order valence-electron chi connectivity index (χ4n) is 2.88. The first kappa shape index (κ1) is 15.3. The van der Waals surface area contributed by atoms with Gasteiger partial charge in [-0.05, 0) is 54.4 Å². The van der Waals surface area contributed by atoms with Gasteiger partial charge in [-0.3, -0.25) is 9.78 Å². The summed E-state index contributed by atoms with van der Waals surface area (Å²) in [4.78, 5) is 14.7. The molecule has 0 radical (unpaired) electrons. The van der Waals surface area contributed by atoms with E-state index in [0.29, 0.717) is 17.7 Å². The van der Waals surface area contributed by atoms with Crippen molar-refractivity contribution < 1.29 is 0 Å². The van der Waals surface area contributed by atoms with Crippen molar-refractivity contribution >= 4 is 29.9 Å². The van der Waals surface area contributed by atoms with Gasteiger partial charge in [-0.25, -0.2) is 0 Å². The Morgan fingerprint density at radius 2 is 2.18 bits per heavy atom. The molecule has 0 saturated heterocycles. The summed E-state index contributed by atoms with van der Waals surface area (Å²) in [5.41, 5.74) is 4.06. The summed E-state index contributed by atoms with van der Waals surface area (Å²) in [7, 11) is 0. The quantitative estimate of drug-likeness (QED) is 0.855. The molecule has 1 aliphatic rings. The number of nitrogens with zero attached hydrogens (tertiary/aromatic N) is 1. The lowest BCUT2D eigenvalue weighted by atomic mass is 10.0. The average molecular weight is 333 g/mol. The number of benzene rings is 1. The van der Waals surface area contributed by atoms with E-state index in [9.17, 15) is 4.79 Å². The molecular formula is C17H17ClN2OS. The molecule has 22 heavy (non-hydrogen) atoms. The van der Waals surface area contributed by atoms with Crippen LogP contribution in [0.4, 0.5) is 0 Å². The van der Waals surface area contributed by atoms with E-state index in [2.05, 4.69) is 11.9 Å². The predicted octanol–water partition coefficient (Wildman–Crippen LogP) is 4.13. The lowest BCUT2D eigenvalue weighted by molar-refractivity contribution is 0.720. The Labute approximate surface area is 139 Å². The highest BCUT2D eigenvalue weighted by Gasteiger charge is 2.15. The van der Waals surface area contributed by atoms with Crippen LogP contribution in [-0.4, -0.2) is 9.55 Å². The first-order chi connectivity index (χ1) is 10.6. The first-order valence-corrected chi connectivity index (χ1v) is 8.18. The van der Waals surface area contributed by atoms with Crippen molar-refractivity contribution in [2.24, 2.45) is 0 Å². The van der Waals surface area contributed by atoms with Gasteiger partial charge in [-0.1, -0.05) is 37.1 Å². The topological polar surface area (TPSA) is 37.8 Å². The number of allylic oxidation sites excluding steroid dienone is 1. The number of H-pyrrole nitrogens is 1. The van der Waals surface area contributed by atoms with E-state index in [0.717, 1.165) is 29.1 Å². The molecule has 0 amide bonds. The van der Waals surface area contributed by atoms with Crippen LogP contribution in [0.1, 0.15) is 35.7 Å². The van der Waals surface area contributed by atoms with Crippen molar-refractivity contribution in [2.75, 3.05) is 0 Å². The van der Waals surface area contributed by atoms with Gasteiger partial charge in [-0.2, -0.15) is 0 Å². The maximum absolute atomic E-state index is 12.0. The van der Waals surface area contributed by atoms with Crippen LogP contribution in [0.2, 0.25) is 5.02 Å². The predicted molar refractivity (Wildman–Crippen MR) is 93.2 cm³/mol. The highest BCUT2D eigenvalue weighted by molar-refractivity contribution is 7.71. The minimum atomic E-state index is -0.0777. The number of hydrogen-bond acceptors (Lipinski definition) is 2. The molecule has 0 atom stereocenters. The fourth-order valence-corrected chi connectivity index (χ4v) is 3.33. The number of aromatic nitrogens is 2. The number of nitrogens with one attached hydrogen (secondary N) is 1. The maximum Gasteiger partial charge on any atom is 0.255 e. The Kier molecular flexibility index (Phi) is 4.32. The van der Waals surface area contributed by atoms with E-state index in [1.165, 1.54) is 11.1 Å². The highest BCUT2D eigenvalue weighted by atomic mass is 35.5. The number of fused-ring (bicyclic) bond motifs is 1. The maximum atomic E-state index is 12.0. The second-order valence-electron chi connectivity index (χ2n) is 5.48. The third kappa shape index (κ3) is 2.81. The summed E-state index contributed by atoms with van der Waals surface area (Å²) >= 11 is 11.5. The van der Waals surface area contributed by atoms with Gasteiger partial charge in [0.15, 0.2) is 4.77 Å². The Hall–Kier alpha value is -1.65. The Morgan fingerprint density at radius 1 is 1.36 bits per heavy atom. The third-order valence-corrected chi connectivity index (χ3v) is 4.51. The van der Waals surface area contributed by atoms with Gasteiger partial charge < -0.3 is 4.57 Å². The Bertz CT molecular complexity index is 864. The summed E-state index contributed by atoms with van der Waals surface area (Å²) in [6.45, 7) is 2.80. The normalized spacial score (nSPS) is 12.6. The van der Waals surface area contributed by atoms with Gasteiger partial charge >= 0.3 is 0 Å². The van der Waals surface area contributed by atoms with E-state index >= 15 is 0 Å². The van der Waals surface area contributed by atoms with Crippen LogP contribution in [0.25, 0.3) is 6.08 Å². The summed E-state index contributed by atoms with van der Waals surface area (Å²) in [5, 5.41) is 0.752. The molecule has 0 unspecified atom stereocenters. The van der Waals surface area contributed by atoms with Crippen molar-refractivity contribution in [1.82, 2.24) is 9.55 Å². The van der Waals surface area contributed by atoms with Crippen molar-refractivity contribution in [3.8, 4) is 0 Å². The zero-order chi connectivity index (χ0) is 15.7. The zero-order valence-corrected chi connectivity index (χ0v) is 13.9. The minimum absolute atomic E-state index is 0.0777. The molecule has 0 aliphatic heterocycles. The van der Waals surface area contributed by atoms with Gasteiger partial charge in [-0.15, -0.1) is 0 Å². The smallest absolute Gasteiger partial charge is 0.255 e. The van der Waals surface area contributed by atoms with Crippen LogP contribution in [0, 0.1) is 4.77 Å². The van der Waals surface area contributed by atoms with Gasteiger partial charge in [0.2, 0.25) is 0 Å². The van der Waals surface area contributed by atoms with Crippen LogP contribution in [-0.2, 0) is 19.4 Å². The average Bonchev–Trinajstić information content (AvgIpc) is 2.95. The van der Waals surface area contributed by atoms with Crippen LogP contribution in [0.5, 0.6) is 0 Å². The number of rotatable bonds is 4. The lowest BCUT2D eigenvalue weighted by Gasteiger charge is -2.15. The van der Waals surface area contributed by atoms with Crippen molar-refractivity contribution in [2.45, 2.75) is 32.7 Å². The SMILES string of the molecule is CCCc1cc(Cl)ccc1Cn1c2c(c(=O)[nH]c1=S)CC=C2. The van der Waals surface area contributed by atoms with E-state index in [1.54, 1.807) is 0 Å². The van der Waals surface area contributed by atoms with E-state index in [4.69, 9.17) is 23.8 Å². The van der Waals surface area contributed by atoms with Gasteiger partial charge in [0.1, 0.15) is 0 Å². The largest absolute Gasteiger partial charge is 0.314 e. The summed E-state index contributed by atoms with van der Waals surface area (Å²) in [6.07, 6.45) is 6.69. The number of aromatic amines is 1. The molecular weight excluding hydrogens is 316 g/mol. The second-order valence-corrected chi connectivity index (χ2v) is 6.30. The van der Waals surface area contributed by atoms with Crippen LogP contribution >= 0.6 is 23.8 Å². The Morgan fingerprint density at radius 3 is 2.95 bits per heavy atom. The zero-order valence-electron chi connectivity index (χ0n) is 12.4. The Balaban J connectivity index is 2.09. The summed E-state index contributed by atoms with van der Waals surface area (Å²) in [5.74, 6) is 0. The highest BCUT2D eigenvalue weighted by Crippen LogP contribution is 2.22. The van der Waals surface area contributed by atoms with Gasteiger partial charge in [0, 0.05) is 10.6 Å². The molecule has 3 nitrogen and oxygen atoms in total. The second kappa shape index (κ2) is 6.23. The van der Waals surface area contributed by atoms with Crippen molar-refractivity contribution in [1.29, 1.82) is 0 Å². The number of aryl methyl sites for hydroxylation is 1. The number of hydrogen-bond donors (Lipinski definition) is 1. The molecule has 1 N–H and O–H groups in total. The van der Waals surface area contributed by atoms with Gasteiger partial charge in [0.05, 0.1) is 12.2 Å². The lowest BCUT2D eigenvalue weighted by Crippen LogP contribution is -2.20. The van der Waals surface area contributed by atoms with E-state index in [-0.39, 0.29) is 5.56 Å². The van der Waals surface area contributed by atoms with Crippen molar-refractivity contribution in [3.63, 3.8) is 0 Å². The number of halogens is 1. The molecule has 0 bridgehead atoms.